The number of piperazine rings is 1. The van der Waals surface area contributed by atoms with Gasteiger partial charge in [0.05, 0.1) is 13.2 Å². The number of nitrogens with zero attached hydrogens (tertiary/aromatic N) is 1. The van der Waals surface area contributed by atoms with Gasteiger partial charge >= 0.3 is 0 Å². The van der Waals surface area contributed by atoms with Crippen LogP contribution in [-0.2, 0) is 11.3 Å². The molecule has 1 aromatic rings. The Bertz CT molecular complexity index is 302. The molecule has 1 aromatic carbocycles. The molecule has 1 aliphatic rings. The highest BCUT2D eigenvalue weighted by Gasteiger charge is 2.15. The summed E-state index contributed by atoms with van der Waals surface area (Å²) >= 11 is 0. The van der Waals surface area contributed by atoms with E-state index in [0.717, 1.165) is 26.2 Å². The standard InChI is InChI=1S/C13H20N2O/c1-15-8-7-14-13(9-15)11-16-10-12-5-3-2-4-6-12/h2-6,13-14H,7-11H2,1H3/t13-/m1/s1. The van der Waals surface area contributed by atoms with Crippen LogP contribution in [0.15, 0.2) is 30.3 Å². The van der Waals surface area contributed by atoms with Gasteiger partial charge in [-0.2, -0.15) is 0 Å². The van der Waals surface area contributed by atoms with Gasteiger partial charge in [0.25, 0.3) is 0 Å². The summed E-state index contributed by atoms with van der Waals surface area (Å²) in [4.78, 5) is 2.34. The van der Waals surface area contributed by atoms with Crippen LogP contribution in [0, 0.1) is 0 Å². The average molecular weight is 220 g/mol. The molecule has 16 heavy (non-hydrogen) atoms. The lowest BCUT2D eigenvalue weighted by Crippen LogP contribution is -2.51. The van der Waals surface area contributed by atoms with Crippen LogP contribution < -0.4 is 5.32 Å². The van der Waals surface area contributed by atoms with Crippen molar-refractivity contribution in [2.24, 2.45) is 0 Å². The monoisotopic (exact) mass is 220 g/mol. The van der Waals surface area contributed by atoms with Crippen LogP contribution in [0.25, 0.3) is 0 Å². The molecule has 0 saturated carbocycles. The molecule has 88 valence electrons. The summed E-state index contributed by atoms with van der Waals surface area (Å²) in [6.07, 6.45) is 0. The van der Waals surface area contributed by atoms with Gasteiger partial charge in [-0.3, -0.25) is 0 Å². The molecule has 0 unspecified atom stereocenters. The van der Waals surface area contributed by atoms with Crippen molar-refractivity contribution in [1.82, 2.24) is 10.2 Å². The van der Waals surface area contributed by atoms with Crippen molar-refractivity contribution in [2.75, 3.05) is 33.3 Å². The first kappa shape index (κ1) is 11.6. The number of ether oxygens (including phenoxy) is 1. The molecule has 2 rings (SSSR count). The lowest BCUT2D eigenvalue weighted by Gasteiger charge is -2.30. The number of benzene rings is 1. The fourth-order valence-electron chi connectivity index (χ4n) is 2.00. The zero-order valence-electron chi connectivity index (χ0n) is 9.86. The molecule has 0 radical (unpaired) electrons. The minimum atomic E-state index is 0.475. The molecule has 0 amide bonds. The largest absolute Gasteiger partial charge is 0.375 e. The van der Waals surface area contributed by atoms with Crippen molar-refractivity contribution < 1.29 is 4.74 Å². The molecular weight excluding hydrogens is 200 g/mol. The summed E-state index contributed by atoms with van der Waals surface area (Å²) in [6.45, 7) is 4.78. The van der Waals surface area contributed by atoms with Crippen LogP contribution in [0.2, 0.25) is 0 Å². The van der Waals surface area contributed by atoms with Gasteiger partial charge in [0.15, 0.2) is 0 Å². The molecule has 1 atom stereocenters. The van der Waals surface area contributed by atoms with E-state index < -0.39 is 0 Å². The third-order valence-corrected chi connectivity index (χ3v) is 2.89. The predicted octanol–water partition coefficient (Wildman–Crippen LogP) is 1.11. The minimum Gasteiger partial charge on any atom is -0.375 e. The highest BCUT2D eigenvalue weighted by Crippen LogP contribution is 2.02. The van der Waals surface area contributed by atoms with E-state index in [0.29, 0.717) is 12.6 Å². The molecule has 0 bridgehead atoms. The second-order valence-electron chi connectivity index (χ2n) is 4.41. The van der Waals surface area contributed by atoms with E-state index in [2.05, 4.69) is 29.4 Å². The van der Waals surface area contributed by atoms with E-state index >= 15 is 0 Å². The Kier molecular flexibility index (Phi) is 4.34. The van der Waals surface area contributed by atoms with E-state index in [1.54, 1.807) is 0 Å². The van der Waals surface area contributed by atoms with Crippen LogP contribution >= 0.6 is 0 Å². The molecular formula is C13H20N2O. The number of rotatable bonds is 4. The van der Waals surface area contributed by atoms with Crippen LogP contribution in [-0.4, -0.2) is 44.2 Å². The summed E-state index contributed by atoms with van der Waals surface area (Å²) in [7, 11) is 2.16. The van der Waals surface area contributed by atoms with Gasteiger partial charge in [-0.15, -0.1) is 0 Å². The van der Waals surface area contributed by atoms with E-state index in [4.69, 9.17) is 4.74 Å². The van der Waals surface area contributed by atoms with Gasteiger partial charge in [-0.05, 0) is 12.6 Å². The highest BCUT2D eigenvalue weighted by atomic mass is 16.5. The number of hydrogen-bond donors (Lipinski definition) is 1. The average Bonchev–Trinajstić information content (AvgIpc) is 2.30. The molecule has 1 N–H and O–H groups in total. The van der Waals surface area contributed by atoms with Gasteiger partial charge < -0.3 is 15.0 Å². The number of nitrogens with one attached hydrogen (secondary N) is 1. The topological polar surface area (TPSA) is 24.5 Å². The van der Waals surface area contributed by atoms with Gasteiger partial charge in [-0.1, -0.05) is 30.3 Å². The van der Waals surface area contributed by atoms with Crippen LogP contribution in [0.4, 0.5) is 0 Å². The van der Waals surface area contributed by atoms with Gasteiger partial charge in [0.1, 0.15) is 0 Å². The first-order valence-corrected chi connectivity index (χ1v) is 5.88. The Morgan fingerprint density at radius 2 is 2.19 bits per heavy atom. The quantitative estimate of drug-likeness (QED) is 0.822. The maximum absolute atomic E-state index is 5.72. The Balaban J connectivity index is 1.68. The van der Waals surface area contributed by atoms with Crippen LogP contribution in [0.5, 0.6) is 0 Å². The molecule has 1 saturated heterocycles. The molecule has 1 heterocycles. The lowest BCUT2D eigenvalue weighted by atomic mass is 10.2. The molecule has 1 aliphatic heterocycles. The van der Waals surface area contributed by atoms with E-state index in [-0.39, 0.29) is 0 Å². The van der Waals surface area contributed by atoms with Crippen molar-refractivity contribution in [3.8, 4) is 0 Å². The van der Waals surface area contributed by atoms with Crippen LogP contribution in [0.3, 0.4) is 0 Å². The fraction of sp³-hybridized carbons (Fsp3) is 0.538. The van der Waals surface area contributed by atoms with Crippen LogP contribution in [0.1, 0.15) is 5.56 Å². The summed E-state index contributed by atoms with van der Waals surface area (Å²) in [5.74, 6) is 0. The number of likely N-dealkylation sites (N-methyl/N-ethyl adjacent to an activating group) is 1. The summed E-state index contributed by atoms with van der Waals surface area (Å²) in [6, 6.07) is 10.8. The predicted molar refractivity (Wildman–Crippen MR) is 65.4 cm³/mol. The molecule has 1 fully saturated rings. The summed E-state index contributed by atoms with van der Waals surface area (Å²) in [5.41, 5.74) is 1.24. The van der Waals surface area contributed by atoms with E-state index in [9.17, 15) is 0 Å². The number of hydrogen-bond acceptors (Lipinski definition) is 3. The minimum absolute atomic E-state index is 0.475. The third-order valence-electron chi connectivity index (χ3n) is 2.89. The van der Waals surface area contributed by atoms with Crippen molar-refractivity contribution in [3.05, 3.63) is 35.9 Å². The molecule has 0 spiro atoms. The zero-order valence-corrected chi connectivity index (χ0v) is 9.86. The van der Waals surface area contributed by atoms with E-state index in [1.807, 2.05) is 18.2 Å². The van der Waals surface area contributed by atoms with Gasteiger partial charge in [0.2, 0.25) is 0 Å². The van der Waals surface area contributed by atoms with Gasteiger partial charge in [0, 0.05) is 25.7 Å². The lowest BCUT2D eigenvalue weighted by molar-refractivity contribution is 0.0776. The summed E-state index contributed by atoms with van der Waals surface area (Å²) < 4.78 is 5.72. The second-order valence-corrected chi connectivity index (χ2v) is 4.41. The Labute approximate surface area is 97.4 Å². The van der Waals surface area contributed by atoms with E-state index in [1.165, 1.54) is 5.56 Å². The smallest absolute Gasteiger partial charge is 0.0717 e. The summed E-state index contributed by atoms with van der Waals surface area (Å²) in [5, 5.41) is 3.47. The first-order chi connectivity index (χ1) is 7.84. The molecule has 0 aliphatic carbocycles. The SMILES string of the molecule is CN1CCN[C@@H](COCc2ccccc2)C1. The Morgan fingerprint density at radius 3 is 2.94 bits per heavy atom. The Morgan fingerprint density at radius 1 is 1.38 bits per heavy atom. The van der Waals surface area contributed by atoms with Gasteiger partial charge in [-0.25, -0.2) is 0 Å². The van der Waals surface area contributed by atoms with Crippen molar-refractivity contribution in [1.29, 1.82) is 0 Å². The van der Waals surface area contributed by atoms with Crippen molar-refractivity contribution in [3.63, 3.8) is 0 Å². The fourth-order valence-corrected chi connectivity index (χ4v) is 2.00. The van der Waals surface area contributed by atoms with Crippen molar-refractivity contribution >= 4 is 0 Å². The second kappa shape index (κ2) is 5.99. The van der Waals surface area contributed by atoms with Crippen molar-refractivity contribution in [2.45, 2.75) is 12.6 Å². The maximum atomic E-state index is 5.72. The molecule has 3 heteroatoms. The normalized spacial score (nSPS) is 22.2. The molecule has 0 aromatic heterocycles. The highest BCUT2D eigenvalue weighted by molar-refractivity contribution is 5.13. The first-order valence-electron chi connectivity index (χ1n) is 5.88. The molecule has 3 nitrogen and oxygen atoms in total. The zero-order chi connectivity index (χ0) is 11.2. The Hall–Kier alpha value is -0.900. The maximum Gasteiger partial charge on any atom is 0.0717 e. The third kappa shape index (κ3) is 3.59.